The topological polar surface area (TPSA) is 158 Å². The van der Waals surface area contributed by atoms with Crippen LogP contribution in [0.1, 0.15) is 129 Å². The Labute approximate surface area is 488 Å². The van der Waals surface area contributed by atoms with Crippen LogP contribution >= 0.6 is 0 Å². The molecule has 0 bridgehead atoms. The largest absolute Gasteiger partial charge is 0.415 e. The zero-order valence-corrected chi connectivity index (χ0v) is 52.5. The smallest absolute Gasteiger partial charge is 0.274 e. The van der Waals surface area contributed by atoms with Crippen LogP contribution in [0.3, 0.4) is 0 Å². The molecule has 0 saturated heterocycles. The predicted molar refractivity (Wildman–Crippen MR) is 334 cm³/mol. The number of hydrogen-bond donors (Lipinski definition) is 2. The minimum absolute atomic E-state index is 0.00878. The third-order valence-corrected chi connectivity index (χ3v) is 27.2. The van der Waals surface area contributed by atoms with E-state index in [1.165, 1.54) is 34.6 Å². The summed E-state index contributed by atoms with van der Waals surface area (Å²) in [6, 6.07) is 43.2. The number of ketones is 1. The van der Waals surface area contributed by atoms with E-state index in [4.69, 9.17) is 18.6 Å². The first kappa shape index (κ1) is 61.7. The van der Waals surface area contributed by atoms with Crippen molar-refractivity contribution in [2.45, 2.75) is 135 Å². The van der Waals surface area contributed by atoms with Crippen LogP contribution in [0.25, 0.3) is 22.2 Å². The van der Waals surface area contributed by atoms with Crippen molar-refractivity contribution >= 4 is 65.4 Å². The second-order valence-electron chi connectivity index (χ2n) is 24.1. The second kappa shape index (κ2) is 26.5. The lowest BCUT2D eigenvalue weighted by atomic mass is 9.86. The number of carbonyl (C=O) groups excluding carboxylic acids is 3. The summed E-state index contributed by atoms with van der Waals surface area (Å²) in [6.07, 6.45) is 5.72. The molecule has 2 heterocycles. The summed E-state index contributed by atoms with van der Waals surface area (Å²) >= 11 is 0. The van der Waals surface area contributed by atoms with Gasteiger partial charge in [-0.15, -0.1) is 0 Å². The first-order chi connectivity index (χ1) is 39.1. The van der Waals surface area contributed by atoms with Gasteiger partial charge in [-0.25, -0.2) is 18.1 Å². The van der Waals surface area contributed by atoms with Crippen molar-refractivity contribution in [3.05, 3.63) is 179 Å². The van der Waals surface area contributed by atoms with Crippen LogP contribution in [-0.4, -0.2) is 103 Å². The van der Waals surface area contributed by atoms with Gasteiger partial charge in [-0.1, -0.05) is 177 Å². The predicted octanol–water partition coefficient (Wildman–Crippen LogP) is 11.7. The third-order valence-electron chi connectivity index (χ3n) is 16.3. The number of benzene rings is 6. The molecular weight excluding hydrogens is 1080 g/mol. The average Bonchev–Trinajstić information content (AvgIpc) is 4.02. The van der Waals surface area contributed by atoms with E-state index in [0.717, 1.165) is 42.2 Å². The maximum Gasteiger partial charge on any atom is 0.274 e. The summed E-state index contributed by atoms with van der Waals surface area (Å²) < 4.78 is 52.3. The SMILES string of the molecule is CCCCN(CCCC)C(=O)c1cn(CCOCCO[Si](c2ccccc2)(c2ccccc2)C(C)(C)C)c(-c2ccc(C(=O)NS(=O)(=O)c3ccc4ccccc4c3)cc2C(=O)c2cccc3c2CC(CO[Si](C)(C)C(C)(C)C)NC3)n1. The number of sulfonamides is 1. The maximum atomic E-state index is 15.7. The van der Waals surface area contributed by atoms with Gasteiger partial charge in [0.2, 0.25) is 0 Å². The molecule has 0 saturated carbocycles. The summed E-state index contributed by atoms with van der Waals surface area (Å²) in [7, 11) is -9.31. The summed E-state index contributed by atoms with van der Waals surface area (Å²) in [6.45, 7) is 25.2. The van der Waals surface area contributed by atoms with Crippen LogP contribution < -0.4 is 20.4 Å². The van der Waals surface area contributed by atoms with E-state index < -0.39 is 32.6 Å². The number of unbranched alkanes of at least 4 members (excludes halogenated alkanes) is 2. The minimum atomic E-state index is -4.37. The highest BCUT2D eigenvalue weighted by molar-refractivity contribution is 7.90. The summed E-state index contributed by atoms with van der Waals surface area (Å²) in [4.78, 5) is 51.6. The van der Waals surface area contributed by atoms with Gasteiger partial charge in [0.25, 0.3) is 30.2 Å². The number of hydrogen-bond acceptors (Lipinski definition) is 10. The van der Waals surface area contributed by atoms with Crippen molar-refractivity contribution in [3.63, 3.8) is 0 Å². The molecule has 1 aliphatic rings. The summed E-state index contributed by atoms with van der Waals surface area (Å²) in [5.74, 6) is -1.18. The van der Waals surface area contributed by atoms with E-state index in [1.807, 2.05) is 64.1 Å². The van der Waals surface area contributed by atoms with Gasteiger partial charge < -0.3 is 28.4 Å². The molecule has 1 aliphatic heterocycles. The second-order valence-corrected chi connectivity index (χ2v) is 34.9. The van der Waals surface area contributed by atoms with Crippen molar-refractivity contribution in [1.82, 2.24) is 24.5 Å². The molecular formula is C66H83N5O8SSi2. The Hall–Kier alpha value is -6.38. The van der Waals surface area contributed by atoms with E-state index in [-0.39, 0.29) is 69.3 Å². The van der Waals surface area contributed by atoms with Crippen LogP contribution in [0.4, 0.5) is 0 Å². The number of amides is 2. The van der Waals surface area contributed by atoms with E-state index in [2.05, 4.69) is 127 Å². The molecule has 6 aromatic carbocycles. The number of rotatable bonds is 25. The molecule has 1 atom stereocenters. The third kappa shape index (κ3) is 14.0. The molecule has 1 aromatic heterocycles. The first-order valence-electron chi connectivity index (χ1n) is 29.0. The van der Waals surface area contributed by atoms with E-state index in [1.54, 1.807) is 18.3 Å². The van der Waals surface area contributed by atoms with Gasteiger partial charge in [-0.05, 0) is 105 Å². The Morgan fingerprint density at radius 1 is 0.720 bits per heavy atom. The number of aromatic nitrogens is 2. The van der Waals surface area contributed by atoms with Crippen molar-refractivity contribution in [2.24, 2.45) is 0 Å². The van der Waals surface area contributed by atoms with Crippen molar-refractivity contribution < 1.29 is 36.4 Å². The quantitative estimate of drug-likeness (QED) is 0.0321. The molecule has 13 nitrogen and oxygen atoms in total. The van der Waals surface area contributed by atoms with Crippen LogP contribution in [0.15, 0.2) is 151 Å². The van der Waals surface area contributed by atoms with Gasteiger partial charge in [-0.2, -0.15) is 0 Å². The van der Waals surface area contributed by atoms with Gasteiger partial charge in [0.05, 0.1) is 24.7 Å². The van der Waals surface area contributed by atoms with E-state index in [9.17, 15) is 18.0 Å². The normalized spacial score (nSPS) is 14.1. The van der Waals surface area contributed by atoms with E-state index >= 15 is 4.79 Å². The Bertz CT molecular complexity index is 3420. The minimum Gasteiger partial charge on any atom is -0.415 e. The van der Waals surface area contributed by atoms with Gasteiger partial charge in [-0.3, -0.25) is 14.4 Å². The van der Waals surface area contributed by atoms with Crippen molar-refractivity contribution in [2.75, 3.05) is 39.5 Å². The summed E-state index contributed by atoms with van der Waals surface area (Å²) in [5.41, 5.74) is 2.94. The highest BCUT2D eigenvalue weighted by atomic mass is 32.2. The lowest BCUT2D eigenvalue weighted by Gasteiger charge is -2.43. The molecule has 1 unspecified atom stereocenters. The van der Waals surface area contributed by atoms with Gasteiger partial charge in [0, 0.05) is 67.3 Å². The number of carbonyl (C=O) groups is 3. The van der Waals surface area contributed by atoms with Crippen LogP contribution in [0.2, 0.25) is 23.2 Å². The molecule has 8 rings (SSSR count). The Morgan fingerprint density at radius 2 is 1.37 bits per heavy atom. The van der Waals surface area contributed by atoms with Gasteiger partial charge in [0.15, 0.2) is 14.1 Å². The number of imidazole rings is 1. The van der Waals surface area contributed by atoms with Crippen LogP contribution in [0.5, 0.6) is 0 Å². The van der Waals surface area contributed by atoms with Crippen molar-refractivity contribution in [3.8, 4) is 11.4 Å². The Morgan fingerprint density at radius 3 is 2.00 bits per heavy atom. The maximum absolute atomic E-state index is 15.7. The van der Waals surface area contributed by atoms with Gasteiger partial charge >= 0.3 is 0 Å². The molecule has 7 aromatic rings. The fourth-order valence-electron chi connectivity index (χ4n) is 10.6. The van der Waals surface area contributed by atoms with E-state index in [0.29, 0.717) is 61.6 Å². The fraction of sp³-hybridized carbons (Fsp3) is 0.394. The van der Waals surface area contributed by atoms with Crippen LogP contribution in [-0.2, 0) is 43.1 Å². The average molecular weight is 1160 g/mol. The number of nitrogens with zero attached hydrogens (tertiary/aromatic N) is 3. The Balaban J connectivity index is 1.16. The summed E-state index contributed by atoms with van der Waals surface area (Å²) in [5, 5.41) is 7.32. The standard InChI is InChI=1S/C66H83N5O8SSi2/c1-11-13-36-70(37-14-12-2)64(74)60-46-71(38-39-77-40-41-78-82(66(6,7)8,54-27-17-15-18-28-54)55-29-19-16-20-30-55)62(68-60)57-35-33-50(63(73)69-80(75,76)53-34-32-48-24-21-22-25-49(48)42-53)43-59(57)61(72)56-31-23-26-51-45-67-52(44-58(51)56)47-79-81(9,10)65(3,4)5/h15-35,42-43,46,52,67H,11-14,36-41,44-45,47H2,1-10H3,(H,69,73). The highest BCUT2D eigenvalue weighted by Crippen LogP contribution is 2.39. The van der Waals surface area contributed by atoms with Gasteiger partial charge in [0.1, 0.15) is 11.5 Å². The Kier molecular flexibility index (Phi) is 19.9. The zero-order valence-electron chi connectivity index (χ0n) is 49.6. The molecule has 0 radical (unpaired) electrons. The monoisotopic (exact) mass is 1160 g/mol. The zero-order chi connectivity index (χ0) is 58.9. The lowest BCUT2D eigenvalue weighted by Crippen LogP contribution is -2.66. The highest BCUT2D eigenvalue weighted by Gasteiger charge is 2.50. The molecule has 16 heteroatoms. The molecule has 82 heavy (non-hydrogen) atoms. The molecule has 0 aliphatic carbocycles. The molecule has 2 amide bonds. The van der Waals surface area contributed by atoms with Crippen LogP contribution in [0, 0.1) is 0 Å². The lowest BCUT2D eigenvalue weighted by molar-refractivity contribution is 0.0744. The molecule has 0 spiro atoms. The molecule has 434 valence electrons. The molecule has 0 fully saturated rings. The molecule has 2 N–H and O–H groups in total. The number of ether oxygens (including phenoxy) is 1. The fourth-order valence-corrected chi connectivity index (χ4v) is 17.2. The number of nitrogens with one attached hydrogen (secondary N) is 2. The number of fused-ring (bicyclic) bond motifs is 2. The first-order valence-corrected chi connectivity index (χ1v) is 35.3. The van der Waals surface area contributed by atoms with Crippen molar-refractivity contribution in [1.29, 1.82) is 0 Å².